The third-order valence-corrected chi connectivity index (χ3v) is 4.04. The first-order chi connectivity index (χ1) is 9.45. The van der Waals surface area contributed by atoms with E-state index >= 15 is 0 Å². The summed E-state index contributed by atoms with van der Waals surface area (Å²) < 4.78 is 0. The monoisotopic (exact) mass is 284 g/mol. The predicted octanol–water partition coefficient (Wildman–Crippen LogP) is 2.71. The summed E-state index contributed by atoms with van der Waals surface area (Å²) in [6.07, 6.45) is 5.62. The number of aliphatic carboxylic acids is 1. The summed E-state index contributed by atoms with van der Waals surface area (Å²) in [5.74, 6) is -0.374. The first-order valence-corrected chi connectivity index (χ1v) is 7.74. The van der Waals surface area contributed by atoms with Crippen molar-refractivity contribution < 1.29 is 14.7 Å². The molecule has 0 aromatic rings. The Bertz CT molecular complexity index is 331. The van der Waals surface area contributed by atoms with Gasteiger partial charge in [-0.2, -0.15) is 0 Å². The molecule has 0 aliphatic carbocycles. The lowest BCUT2D eigenvalue weighted by molar-refractivity contribution is -0.140. The van der Waals surface area contributed by atoms with Crippen LogP contribution >= 0.6 is 0 Å². The fraction of sp³-hybridized carbons (Fsp3) is 0.867. The molecule has 1 unspecified atom stereocenters. The molecule has 1 aliphatic rings. The second-order valence-corrected chi connectivity index (χ2v) is 6.08. The second kappa shape index (κ2) is 8.12. The zero-order chi connectivity index (χ0) is 15.1. The molecule has 5 heteroatoms. The van der Waals surface area contributed by atoms with Gasteiger partial charge in [0.25, 0.3) is 0 Å². The van der Waals surface area contributed by atoms with Gasteiger partial charge in [-0.1, -0.05) is 33.6 Å². The van der Waals surface area contributed by atoms with Gasteiger partial charge in [0.1, 0.15) is 6.04 Å². The van der Waals surface area contributed by atoms with E-state index < -0.39 is 12.0 Å². The van der Waals surface area contributed by atoms with Gasteiger partial charge in [-0.05, 0) is 31.1 Å². The van der Waals surface area contributed by atoms with E-state index in [0.29, 0.717) is 5.92 Å². The molecule has 1 saturated heterocycles. The fourth-order valence-electron chi connectivity index (χ4n) is 2.80. The first kappa shape index (κ1) is 16.8. The number of hydrogen-bond donors (Lipinski definition) is 2. The summed E-state index contributed by atoms with van der Waals surface area (Å²) >= 11 is 0. The number of carboxylic acid groups (broad SMARTS) is 1. The Hall–Kier alpha value is -1.26. The van der Waals surface area contributed by atoms with Gasteiger partial charge in [-0.25, -0.2) is 9.59 Å². The number of amides is 2. The van der Waals surface area contributed by atoms with Crippen molar-refractivity contribution in [1.82, 2.24) is 10.2 Å². The maximum Gasteiger partial charge on any atom is 0.326 e. The van der Waals surface area contributed by atoms with Gasteiger partial charge in [0.15, 0.2) is 0 Å². The minimum Gasteiger partial charge on any atom is -0.480 e. The van der Waals surface area contributed by atoms with Crippen LogP contribution in [0, 0.1) is 11.8 Å². The lowest BCUT2D eigenvalue weighted by atomic mass is 9.96. The molecule has 2 amide bonds. The molecule has 0 radical (unpaired) electrons. The van der Waals surface area contributed by atoms with Crippen LogP contribution in [0.3, 0.4) is 0 Å². The van der Waals surface area contributed by atoms with Crippen LogP contribution in [0.25, 0.3) is 0 Å². The summed E-state index contributed by atoms with van der Waals surface area (Å²) in [4.78, 5) is 25.1. The lowest BCUT2D eigenvalue weighted by Gasteiger charge is -2.25. The third kappa shape index (κ3) is 5.02. The number of nitrogens with one attached hydrogen (secondary N) is 1. The number of carboxylic acids is 1. The Labute approximate surface area is 121 Å². The molecule has 1 heterocycles. The molecule has 2 N–H and O–H groups in total. The van der Waals surface area contributed by atoms with Crippen molar-refractivity contribution in [2.24, 2.45) is 11.8 Å². The van der Waals surface area contributed by atoms with Gasteiger partial charge >= 0.3 is 12.0 Å². The average molecular weight is 284 g/mol. The number of rotatable bonds is 5. The van der Waals surface area contributed by atoms with Crippen molar-refractivity contribution in [1.29, 1.82) is 0 Å². The largest absolute Gasteiger partial charge is 0.480 e. The van der Waals surface area contributed by atoms with Gasteiger partial charge in [-0.15, -0.1) is 0 Å². The Morgan fingerprint density at radius 1 is 1.30 bits per heavy atom. The Morgan fingerprint density at radius 2 is 2.00 bits per heavy atom. The number of likely N-dealkylation sites (tertiary alicyclic amines) is 1. The minimum atomic E-state index is -0.966. The van der Waals surface area contributed by atoms with Crippen LogP contribution in [-0.2, 0) is 4.79 Å². The van der Waals surface area contributed by atoms with Crippen LogP contribution in [0.1, 0.15) is 52.9 Å². The van der Waals surface area contributed by atoms with E-state index in [9.17, 15) is 9.59 Å². The molecule has 0 aromatic carbocycles. The first-order valence-electron chi connectivity index (χ1n) is 7.74. The van der Waals surface area contributed by atoms with Crippen LogP contribution in [-0.4, -0.2) is 41.1 Å². The molecule has 0 aromatic heterocycles. The summed E-state index contributed by atoms with van der Waals surface area (Å²) in [6.45, 7) is 7.27. The number of hydrogen-bond acceptors (Lipinski definition) is 2. The van der Waals surface area contributed by atoms with E-state index in [4.69, 9.17) is 5.11 Å². The number of carbonyl (C=O) groups excluding carboxylic acids is 1. The molecule has 2 atom stereocenters. The molecule has 1 aliphatic heterocycles. The Kier molecular flexibility index (Phi) is 6.82. The van der Waals surface area contributed by atoms with E-state index in [1.165, 1.54) is 19.3 Å². The smallest absolute Gasteiger partial charge is 0.326 e. The van der Waals surface area contributed by atoms with Crippen LogP contribution in [0.4, 0.5) is 4.79 Å². The zero-order valence-corrected chi connectivity index (χ0v) is 12.9. The van der Waals surface area contributed by atoms with Crippen molar-refractivity contribution in [2.45, 2.75) is 58.9 Å². The quantitative estimate of drug-likeness (QED) is 0.815. The molecular weight excluding hydrogens is 256 g/mol. The Balaban J connectivity index is 2.52. The molecule has 1 rings (SSSR count). The lowest BCUT2D eigenvalue weighted by Crippen LogP contribution is -2.50. The molecule has 5 nitrogen and oxygen atoms in total. The standard InChI is InChI=1S/C15H28N2O3/c1-4-6-12-7-5-9-17(10-8-12)15(20)16-13(11(2)3)14(18)19/h11-13H,4-10H2,1-3H3,(H,16,20)(H,18,19)/t12?,13-/m0/s1. The normalized spacial score (nSPS) is 21.4. The van der Waals surface area contributed by atoms with Gasteiger partial charge < -0.3 is 15.3 Å². The van der Waals surface area contributed by atoms with Crippen LogP contribution in [0.5, 0.6) is 0 Å². The van der Waals surface area contributed by atoms with E-state index in [0.717, 1.165) is 25.9 Å². The number of carbonyl (C=O) groups is 2. The third-order valence-electron chi connectivity index (χ3n) is 4.04. The molecule has 0 spiro atoms. The van der Waals surface area contributed by atoms with E-state index in [-0.39, 0.29) is 11.9 Å². The predicted molar refractivity (Wildman–Crippen MR) is 78.6 cm³/mol. The highest BCUT2D eigenvalue weighted by molar-refractivity contribution is 5.82. The summed E-state index contributed by atoms with van der Waals surface area (Å²) in [5.41, 5.74) is 0. The Morgan fingerprint density at radius 3 is 2.55 bits per heavy atom. The summed E-state index contributed by atoms with van der Waals surface area (Å²) in [7, 11) is 0. The highest BCUT2D eigenvalue weighted by Gasteiger charge is 2.27. The fourth-order valence-corrected chi connectivity index (χ4v) is 2.80. The van der Waals surface area contributed by atoms with Crippen molar-refractivity contribution in [3.63, 3.8) is 0 Å². The molecular formula is C15H28N2O3. The zero-order valence-electron chi connectivity index (χ0n) is 12.9. The minimum absolute atomic E-state index is 0.115. The molecule has 20 heavy (non-hydrogen) atoms. The van der Waals surface area contributed by atoms with E-state index in [1.54, 1.807) is 18.7 Å². The maximum absolute atomic E-state index is 12.2. The molecule has 116 valence electrons. The SMILES string of the molecule is CCCC1CCCN(C(=O)N[C@H](C(=O)O)C(C)C)CC1. The number of urea groups is 1. The van der Waals surface area contributed by atoms with Gasteiger partial charge in [0, 0.05) is 13.1 Å². The van der Waals surface area contributed by atoms with Gasteiger partial charge in [-0.3, -0.25) is 0 Å². The highest BCUT2D eigenvalue weighted by Crippen LogP contribution is 2.22. The van der Waals surface area contributed by atoms with Crippen LogP contribution < -0.4 is 5.32 Å². The van der Waals surface area contributed by atoms with Crippen molar-refractivity contribution >= 4 is 12.0 Å². The maximum atomic E-state index is 12.2. The van der Waals surface area contributed by atoms with Crippen LogP contribution in [0.15, 0.2) is 0 Å². The molecule has 0 bridgehead atoms. The summed E-state index contributed by atoms with van der Waals surface area (Å²) in [5, 5.41) is 11.8. The number of nitrogens with zero attached hydrogens (tertiary/aromatic N) is 1. The molecule has 1 fully saturated rings. The van der Waals surface area contributed by atoms with Gasteiger partial charge in [0.2, 0.25) is 0 Å². The van der Waals surface area contributed by atoms with E-state index in [1.807, 2.05) is 0 Å². The van der Waals surface area contributed by atoms with Gasteiger partial charge in [0.05, 0.1) is 0 Å². The molecule has 0 saturated carbocycles. The topological polar surface area (TPSA) is 69.6 Å². The van der Waals surface area contributed by atoms with Crippen molar-refractivity contribution in [3.05, 3.63) is 0 Å². The highest BCUT2D eigenvalue weighted by atomic mass is 16.4. The van der Waals surface area contributed by atoms with Crippen molar-refractivity contribution in [3.8, 4) is 0 Å². The average Bonchev–Trinajstić information content (AvgIpc) is 2.61. The van der Waals surface area contributed by atoms with Crippen LogP contribution in [0.2, 0.25) is 0 Å². The van der Waals surface area contributed by atoms with E-state index in [2.05, 4.69) is 12.2 Å². The second-order valence-electron chi connectivity index (χ2n) is 6.08. The van der Waals surface area contributed by atoms with Crippen molar-refractivity contribution in [2.75, 3.05) is 13.1 Å². The summed E-state index contributed by atoms with van der Waals surface area (Å²) in [6, 6.07) is -1.04.